The minimum Gasteiger partial charge on any atom is -0.309 e. The van der Waals surface area contributed by atoms with Gasteiger partial charge in [-0.25, -0.2) is 0 Å². The molecule has 2 aromatic heterocycles. The lowest BCUT2D eigenvalue weighted by Gasteiger charge is -2.18. The number of alkyl halides is 3. The number of aromatic nitrogens is 4. The van der Waals surface area contributed by atoms with Gasteiger partial charge in [-0.3, -0.25) is 14.2 Å². The highest BCUT2D eigenvalue weighted by Crippen LogP contribution is 2.37. The van der Waals surface area contributed by atoms with Crippen molar-refractivity contribution in [1.29, 1.82) is 0 Å². The second-order valence-electron chi connectivity index (χ2n) is 5.82. The Hall–Kier alpha value is -2.32. The number of amides is 1. The van der Waals surface area contributed by atoms with Crippen molar-refractivity contribution in [2.24, 2.45) is 7.05 Å². The van der Waals surface area contributed by atoms with Crippen LogP contribution in [0.25, 0.3) is 0 Å². The first kappa shape index (κ1) is 16.5. The van der Waals surface area contributed by atoms with Gasteiger partial charge in [-0.05, 0) is 25.7 Å². The van der Waals surface area contributed by atoms with E-state index in [1.165, 1.54) is 15.6 Å². The number of hydrogen-bond donors (Lipinski definition) is 1. The lowest BCUT2D eigenvalue weighted by molar-refractivity contribution is -0.142. The number of halogens is 3. The first-order chi connectivity index (χ1) is 11.3. The molecule has 1 aliphatic carbocycles. The number of aryl methyl sites for hydroxylation is 1. The molecule has 0 aliphatic heterocycles. The SMILES string of the molecule is CC[C@@H](C(=O)Nc1ccnn1C)n1nc(C(F)(F)F)c2c1CCC2. The predicted octanol–water partition coefficient (Wildman–Crippen LogP) is 2.71. The average Bonchev–Trinajstić information content (AvgIpc) is 3.17. The second kappa shape index (κ2) is 5.95. The molecule has 0 aromatic carbocycles. The Bertz CT molecular complexity index is 762. The molecule has 0 unspecified atom stereocenters. The molecular weight excluding hydrogens is 323 g/mol. The molecule has 0 radical (unpaired) electrons. The molecule has 2 aromatic rings. The Labute approximate surface area is 136 Å². The topological polar surface area (TPSA) is 64.7 Å². The van der Waals surface area contributed by atoms with Gasteiger partial charge in [-0.1, -0.05) is 6.92 Å². The lowest BCUT2D eigenvalue weighted by atomic mass is 10.1. The summed E-state index contributed by atoms with van der Waals surface area (Å²) < 4.78 is 42.3. The average molecular weight is 341 g/mol. The molecule has 0 bridgehead atoms. The van der Waals surface area contributed by atoms with Crippen molar-refractivity contribution in [3.63, 3.8) is 0 Å². The van der Waals surface area contributed by atoms with Crippen LogP contribution in [0.15, 0.2) is 12.3 Å². The molecule has 6 nitrogen and oxygen atoms in total. The van der Waals surface area contributed by atoms with Crippen LogP contribution >= 0.6 is 0 Å². The fraction of sp³-hybridized carbons (Fsp3) is 0.533. The molecule has 0 saturated carbocycles. The van der Waals surface area contributed by atoms with E-state index in [-0.39, 0.29) is 5.56 Å². The number of carbonyl (C=O) groups is 1. The summed E-state index contributed by atoms with van der Waals surface area (Å²) in [6, 6.07) is 0.835. The molecule has 0 fully saturated rings. The number of rotatable bonds is 4. The Morgan fingerprint density at radius 3 is 2.75 bits per heavy atom. The molecule has 0 spiro atoms. The van der Waals surface area contributed by atoms with Crippen molar-refractivity contribution >= 4 is 11.7 Å². The number of nitrogens with one attached hydrogen (secondary N) is 1. The van der Waals surface area contributed by atoms with E-state index in [0.717, 1.165) is 0 Å². The summed E-state index contributed by atoms with van der Waals surface area (Å²) in [5.74, 6) is 0.0883. The van der Waals surface area contributed by atoms with E-state index in [9.17, 15) is 18.0 Å². The number of nitrogens with zero attached hydrogens (tertiary/aromatic N) is 4. The molecule has 1 aliphatic rings. The van der Waals surface area contributed by atoms with Crippen molar-refractivity contribution in [3.8, 4) is 0 Å². The third-order valence-electron chi connectivity index (χ3n) is 4.28. The van der Waals surface area contributed by atoms with Crippen LogP contribution in [0.3, 0.4) is 0 Å². The van der Waals surface area contributed by atoms with Crippen LogP contribution in [0.2, 0.25) is 0 Å². The van der Waals surface area contributed by atoms with Crippen molar-refractivity contribution in [2.45, 2.75) is 44.8 Å². The normalized spacial score (nSPS) is 15.4. The standard InChI is InChI=1S/C15H18F3N5O/c1-3-10(14(24)20-12-7-8-19-22(12)2)23-11-6-4-5-9(11)13(21-23)15(16,17)18/h7-8,10H,3-6H2,1-2H3,(H,20,24)/t10-/m0/s1. The van der Waals surface area contributed by atoms with Crippen molar-refractivity contribution in [1.82, 2.24) is 19.6 Å². The van der Waals surface area contributed by atoms with E-state index < -0.39 is 23.8 Å². The van der Waals surface area contributed by atoms with Gasteiger partial charge in [0.1, 0.15) is 11.9 Å². The predicted molar refractivity (Wildman–Crippen MR) is 80.4 cm³/mol. The Kier molecular flexibility index (Phi) is 4.10. The quantitative estimate of drug-likeness (QED) is 0.930. The van der Waals surface area contributed by atoms with E-state index in [0.29, 0.717) is 37.2 Å². The zero-order valence-corrected chi connectivity index (χ0v) is 13.4. The number of fused-ring (bicyclic) bond motifs is 1. The van der Waals surface area contributed by atoms with E-state index in [4.69, 9.17) is 0 Å². The molecule has 0 saturated heterocycles. The van der Waals surface area contributed by atoms with Crippen LogP contribution in [0, 0.1) is 0 Å². The van der Waals surface area contributed by atoms with E-state index in [1.54, 1.807) is 20.0 Å². The highest BCUT2D eigenvalue weighted by molar-refractivity contribution is 5.93. The van der Waals surface area contributed by atoms with Crippen molar-refractivity contribution in [2.75, 3.05) is 5.32 Å². The summed E-state index contributed by atoms with van der Waals surface area (Å²) in [5, 5.41) is 10.4. The van der Waals surface area contributed by atoms with Crippen LogP contribution in [0.4, 0.5) is 19.0 Å². The van der Waals surface area contributed by atoms with Gasteiger partial charge in [0.15, 0.2) is 5.69 Å². The summed E-state index contributed by atoms with van der Waals surface area (Å²) in [4.78, 5) is 12.6. The molecule has 1 atom stereocenters. The van der Waals surface area contributed by atoms with E-state index in [1.807, 2.05) is 0 Å². The van der Waals surface area contributed by atoms with E-state index >= 15 is 0 Å². The maximum Gasteiger partial charge on any atom is 0.435 e. The van der Waals surface area contributed by atoms with Crippen LogP contribution in [-0.2, 0) is 30.9 Å². The van der Waals surface area contributed by atoms with Gasteiger partial charge in [0, 0.05) is 24.4 Å². The number of anilines is 1. The van der Waals surface area contributed by atoms with Gasteiger partial charge >= 0.3 is 6.18 Å². The van der Waals surface area contributed by atoms with Gasteiger partial charge in [0.25, 0.3) is 0 Å². The maximum atomic E-state index is 13.2. The summed E-state index contributed by atoms with van der Waals surface area (Å²) in [7, 11) is 1.67. The van der Waals surface area contributed by atoms with Gasteiger partial charge in [-0.2, -0.15) is 23.4 Å². The molecule has 24 heavy (non-hydrogen) atoms. The fourth-order valence-corrected chi connectivity index (χ4v) is 3.13. The first-order valence-electron chi connectivity index (χ1n) is 7.79. The van der Waals surface area contributed by atoms with Crippen LogP contribution in [0.5, 0.6) is 0 Å². The van der Waals surface area contributed by atoms with Gasteiger partial charge in [0.2, 0.25) is 5.91 Å². The molecular formula is C15H18F3N5O. The Balaban J connectivity index is 1.94. The zero-order valence-electron chi connectivity index (χ0n) is 13.4. The van der Waals surface area contributed by atoms with Gasteiger partial charge in [-0.15, -0.1) is 0 Å². The molecule has 2 heterocycles. The summed E-state index contributed by atoms with van der Waals surface area (Å²) in [5.41, 5.74) is -0.106. The second-order valence-corrected chi connectivity index (χ2v) is 5.82. The van der Waals surface area contributed by atoms with Crippen LogP contribution < -0.4 is 5.32 Å². The highest BCUT2D eigenvalue weighted by atomic mass is 19.4. The van der Waals surface area contributed by atoms with Gasteiger partial charge < -0.3 is 5.32 Å². The minimum atomic E-state index is -4.50. The number of carbonyl (C=O) groups excluding carboxylic acids is 1. The first-order valence-corrected chi connectivity index (χ1v) is 7.79. The third-order valence-corrected chi connectivity index (χ3v) is 4.28. The van der Waals surface area contributed by atoms with Crippen molar-refractivity contribution < 1.29 is 18.0 Å². The minimum absolute atomic E-state index is 0.231. The zero-order chi connectivity index (χ0) is 17.5. The van der Waals surface area contributed by atoms with Crippen LogP contribution in [-0.4, -0.2) is 25.5 Å². The van der Waals surface area contributed by atoms with Crippen molar-refractivity contribution in [3.05, 3.63) is 29.2 Å². The molecule has 1 N–H and O–H groups in total. The summed E-state index contributed by atoms with van der Waals surface area (Å²) in [6.45, 7) is 1.75. The molecule has 9 heteroatoms. The lowest BCUT2D eigenvalue weighted by Crippen LogP contribution is -2.28. The monoisotopic (exact) mass is 341 g/mol. The Morgan fingerprint density at radius 2 is 2.17 bits per heavy atom. The van der Waals surface area contributed by atoms with Gasteiger partial charge in [0.05, 0.1) is 6.20 Å². The maximum absolute atomic E-state index is 13.2. The third kappa shape index (κ3) is 2.78. The fourth-order valence-electron chi connectivity index (χ4n) is 3.13. The highest BCUT2D eigenvalue weighted by Gasteiger charge is 2.41. The Morgan fingerprint density at radius 1 is 1.42 bits per heavy atom. The summed E-state index contributed by atoms with van der Waals surface area (Å²) in [6.07, 6.45) is -1.12. The largest absolute Gasteiger partial charge is 0.435 e. The molecule has 3 rings (SSSR count). The summed E-state index contributed by atoms with van der Waals surface area (Å²) >= 11 is 0. The number of hydrogen-bond acceptors (Lipinski definition) is 3. The smallest absolute Gasteiger partial charge is 0.309 e. The molecule has 1 amide bonds. The molecule has 130 valence electrons. The van der Waals surface area contributed by atoms with Crippen LogP contribution in [0.1, 0.15) is 42.8 Å². The van der Waals surface area contributed by atoms with E-state index in [2.05, 4.69) is 15.5 Å².